The van der Waals surface area contributed by atoms with Crippen LogP contribution in [0.4, 0.5) is 13.2 Å². The van der Waals surface area contributed by atoms with E-state index in [1.54, 1.807) is 31.3 Å². The van der Waals surface area contributed by atoms with Crippen LogP contribution >= 0.6 is 11.9 Å². The summed E-state index contributed by atoms with van der Waals surface area (Å²) in [6, 6.07) is 9.27. The maximum absolute atomic E-state index is 13.7. The Hall–Kier alpha value is -3.21. The smallest absolute Gasteiger partial charge is 0.497 e. The third-order valence-electron chi connectivity index (χ3n) is 6.17. The monoisotopic (exact) mass is 581 g/mol. The van der Waals surface area contributed by atoms with Gasteiger partial charge in [-0.05, 0) is 61.1 Å². The Kier molecular flexibility index (Phi) is 12.8. The average Bonchev–Trinajstić information content (AvgIpc) is 2.96. The molecule has 0 N–H and O–H groups in total. The van der Waals surface area contributed by atoms with Crippen molar-refractivity contribution < 1.29 is 32.2 Å². The summed E-state index contributed by atoms with van der Waals surface area (Å²) in [5, 5.41) is 3.98. The summed E-state index contributed by atoms with van der Waals surface area (Å²) in [4.78, 5) is 16.0. The molecule has 0 saturated heterocycles. The fraction of sp³-hybridized carbons (Fsp3) is 0.483. The summed E-state index contributed by atoms with van der Waals surface area (Å²) in [6.45, 7) is 10.7. The average molecular weight is 582 g/mol. The normalized spacial score (nSPS) is 16.1. The molecular weight excluding hydrogens is 543 g/mol. The molecule has 1 atom stereocenters. The van der Waals surface area contributed by atoms with Crippen molar-refractivity contribution >= 4 is 17.9 Å². The Bertz CT molecular complexity index is 1180. The summed E-state index contributed by atoms with van der Waals surface area (Å²) >= 11 is 1.07. The molecule has 0 aliphatic carbocycles. The molecule has 0 saturated carbocycles. The SMILES string of the molecule is CC.CC.COc1cc2c(c(OC)c1)C(CCc1cccc(OC(F)(F)F)c1)N(C(=O)C1=C(C)CN=NS1)CC2. The van der Waals surface area contributed by atoms with Crippen LogP contribution in [0.1, 0.15) is 63.8 Å². The number of carbonyl (C=O) groups excluding carboxylic acids is 1. The van der Waals surface area contributed by atoms with Gasteiger partial charge >= 0.3 is 6.36 Å². The van der Waals surface area contributed by atoms with Crippen LogP contribution in [0.25, 0.3) is 0 Å². The first-order valence-electron chi connectivity index (χ1n) is 13.3. The highest BCUT2D eigenvalue weighted by Gasteiger charge is 2.36. The number of aryl methyl sites for hydroxylation is 1. The van der Waals surface area contributed by atoms with E-state index >= 15 is 0 Å². The van der Waals surface area contributed by atoms with Gasteiger partial charge in [0.2, 0.25) is 0 Å². The lowest BCUT2D eigenvalue weighted by molar-refractivity contribution is -0.274. The van der Waals surface area contributed by atoms with Crippen LogP contribution in [0.5, 0.6) is 17.2 Å². The summed E-state index contributed by atoms with van der Waals surface area (Å²) in [7, 11) is 3.15. The Labute approximate surface area is 238 Å². The zero-order chi connectivity index (χ0) is 29.9. The molecule has 0 spiro atoms. The van der Waals surface area contributed by atoms with Gasteiger partial charge in [-0.2, -0.15) is 5.11 Å². The number of carbonyl (C=O) groups is 1. The second-order valence-corrected chi connectivity index (χ2v) is 9.24. The number of nitrogens with zero attached hydrogens (tertiary/aromatic N) is 3. The minimum absolute atomic E-state index is 0.140. The van der Waals surface area contributed by atoms with Crippen LogP contribution in [0.2, 0.25) is 0 Å². The Morgan fingerprint density at radius 1 is 1.07 bits per heavy atom. The second-order valence-electron chi connectivity index (χ2n) is 8.48. The van der Waals surface area contributed by atoms with Crippen molar-refractivity contribution in [1.82, 2.24) is 4.90 Å². The van der Waals surface area contributed by atoms with Crippen LogP contribution in [-0.2, 0) is 17.6 Å². The zero-order valence-electron chi connectivity index (χ0n) is 24.1. The van der Waals surface area contributed by atoms with Gasteiger partial charge in [-0.25, -0.2) is 0 Å². The van der Waals surface area contributed by atoms with E-state index in [9.17, 15) is 18.0 Å². The molecule has 0 radical (unpaired) electrons. The standard InChI is InChI=1S/C25H26F3N3O4S.2C2H6/c1-15-14-29-30-36-23(15)24(32)31-10-9-17-12-19(33-2)13-21(34-3)22(17)20(31)8-7-16-5-4-6-18(11-16)35-25(26,27)28;2*1-2/h4-6,11-13,20H,7-10,14H2,1-3H3;2*1-2H3. The van der Waals surface area contributed by atoms with E-state index in [1.165, 1.54) is 18.2 Å². The molecule has 0 fully saturated rings. The number of ether oxygens (including phenoxy) is 3. The van der Waals surface area contributed by atoms with Crippen molar-refractivity contribution in [3.63, 3.8) is 0 Å². The van der Waals surface area contributed by atoms with Gasteiger partial charge in [0.05, 0.1) is 31.7 Å². The van der Waals surface area contributed by atoms with Gasteiger partial charge in [-0.15, -0.1) is 17.7 Å². The molecule has 1 unspecified atom stereocenters. The van der Waals surface area contributed by atoms with Gasteiger partial charge in [0.1, 0.15) is 17.2 Å². The van der Waals surface area contributed by atoms with Crippen molar-refractivity contribution in [1.29, 1.82) is 0 Å². The Morgan fingerprint density at radius 2 is 1.80 bits per heavy atom. The van der Waals surface area contributed by atoms with E-state index in [-0.39, 0.29) is 17.7 Å². The largest absolute Gasteiger partial charge is 0.573 e. The zero-order valence-corrected chi connectivity index (χ0v) is 24.9. The van der Waals surface area contributed by atoms with Gasteiger partial charge < -0.3 is 19.1 Å². The molecular formula is C29H38F3N3O4S. The lowest BCUT2D eigenvalue weighted by Gasteiger charge is -2.39. The number of amides is 1. The molecule has 2 aliphatic heterocycles. The second kappa shape index (κ2) is 15.5. The molecule has 2 heterocycles. The number of halogens is 3. The van der Waals surface area contributed by atoms with Gasteiger partial charge in [0.15, 0.2) is 0 Å². The number of methoxy groups -OCH3 is 2. The number of rotatable bonds is 7. The predicted molar refractivity (Wildman–Crippen MR) is 152 cm³/mol. The number of hydrogen-bond donors (Lipinski definition) is 0. The summed E-state index contributed by atoms with van der Waals surface area (Å²) < 4.78 is 57.3. The summed E-state index contributed by atoms with van der Waals surface area (Å²) in [5.41, 5.74) is 3.40. The Balaban J connectivity index is 0.00000134. The number of fused-ring (bicyclic) bond motifs is 1. The summed E-state index contributed by atoms with van der Waals surface area (Å²) in [6.07, 6.45) is -3.27. The minimum atomic E-state index is -4.77. The first-order valence-corrected chi connectivity index (χ1v) is 14.1. The molecule has 4 rings (SSSR count). The Morgan fingerprint density at radius 3 is 2.42 bits per heavy atom. The van der Waals surface area contributed by atoms with E-state index in [1.807, 2.05) is 40.7 Å². The van der Waals surface area contributed by atoms with Gasteiger partial charge in [0, 0.05) is 30.1 Å². The third kappa shape index (κ3) is 8.39. The van der Waals surface area contributed by atoms with Crippen LogP contribution in [0, 0.1) is 0 Å². The topological polar surface area (TPSA) is 72.7 Å². The van der Waals surface area contributed by atoms with Crippen molar-refractivity contribution in [3.05, 3.63) is 63.6 Å². The van der Waals surface area contributed by atoms with E-state index in [0.717, 1.165) is 28.6 Å². The highest BCUT2D eigenvalue weighted by atomic mass is 32.2. The quantitative estimate of drug-likeness (QED) is 0.309. The molecule has 40 heavy (non-hydrogen) atoms. The maximum atomic E-state index is 13.7. The molecule has 0 aromatic heterocycles. The van der Waals surface area contributed by atoms with E-state index < -0.39 is 6.36 Å². The number of hydrogen-bond acceptors (Lipinski definition) is 7. The van der Waals surface area contributed by atoms with Crippen molar-refractivity contribution in [2.24, 2.45) is 9.63 Å². The first kappa shape index (κ1) is 33.0. The van der Waals surface area contributed by atoms with Crippen LogP contribution < -0.4 is 14.2 Å². The fourth-order valence-corrected chi connectivity index (χ4v) is 5.14. The highest BCUT2D eigenvalue weighted by molar-refractivity contribution is 8.02. The molecule has 0 bridgehead atoms. The van der Waals surface area contributed by atoms with E-state index in [2.05, 4.69) is 14.4 Å². The van der Waals surface area contributed by atoms with Crippen molar-refractivity contribution in [3.8, 4) is 17.2 Å². The van der Waals surface area contributed by atoms with E-state index in [0.29, 0.717) is 54.3 Å². The maximum Gasteiger partial charge on any atom is 0.573 e. The summed E-state index contributed by atoms with van der Waals surface area (Å²) in [5.74, 6) is 0.841. The van der Waals surface area contributed by atoms with Gasteiger partial charge in [-0.3, -0.25) is 4.79 Å². The van der Waals surface area contributed by atoms with Crippen molar-refractivity contribution in [2.75, 3.05) is 27.3 Å². The van der Waals surface area contributed by atoms with Crippen molar-refractivity contribution in [2.45, 2.75) is 66.3 Å². The molecule has 2 aliphatic rings. The lowest BCUT2D eigenvalue weighted by atomic mass is 9.87. The molecule has 2 aromatic rings. The molecule has 1 amide bonds. The molecule has 7 nitrogen and oxygen atoms in total. The fourth-order valence-electron chi connectivity index (χ4n) is 4.53. The minimum Gasteiger partial charge on any atom is -0.497 e. The predicted octanol–water partition coefficient (Wildman–Crippen LogP) is 8.10. The number of alkyl halides is 3. The van der Waals surface area contributed by atoms with Crippen LogP contribution in [0.15, 0.2) is 56.5 Å². The van der Waals surface area contributed by atoms with Crippen LogP contribution in [-0.4, -0.2) is 44.5 Å². The molecule has 220 valence electrons. The lowest BCUT2D eigenvalue weighted by Crippen LogP contribution is -2.41. The van der Waals surface area contributed by atoms with Gasteiger partial charge in [-0.1, -0.05) is 39.8 Å². The first-order chi connectivity index (χ1) is 19.2. The van der Waals surface area contributed by atoms with Gasteiger partial charge in [0.25, 0.3) is 5.91 Å². The third-order valence-corrected chi connectivity index (χ3v) is 7.07. The molecule has 11 heteroatoms. The molecule has 2 aromatic carbocycles. The van der Waals surface area contributed by atoms with E-state index in [4.69, 9.17) is 9.47 Å². The highest BCUT2D eigenvalue weighted by Crippen LogP contribution is 2.43. The van der Waals surface area contributed by atoms with Crippen LogP contribution in [0.3, 0.4) is 0 Å². The number of benzene rings is 2.